The second kappa shape index (κ2) is 8.76. The van der Waals surface area contributed by atoms with Crippen molar-refractivity contribution in [3.8, 4) is 0 Å². The molecule has 2 aliphatic rings. The van der Waals surface area contributed by atoms with Crippen LogP contribution in [-0.4, -0.2) is 40.7 Å². The van der Waals surface area contributed by atoms with Gasteiger partial charge in [-0.05, 0) is 42.7 Å². The number of benzene rings is 1. The first-order valence-corrected chi connectivity index (χ1v) is 11.2. The molecule has 27 heavy (non-hydrogen) atoms. The molecule has 0 spiro atoms. The van der Waals surface area contributed by atoms with Crippen LogP contribution in [0.2, 0.25) is 0 Å². The molecule has 0 bridgehead atoms. The molecular formula is C21H23BrN2O2S. The Balaban J connectivity index is 1.49. The van der Waals surface area contributed by atoms with Crippen LogP contribution in [0.15, 0.2) is 52.1 Å². The van der Waals surface area contributed by atoms with Gasteiger partial charge < -0.3 is 9.64 Å². The zero-order chi connectivity index (χ0) is 18.6. The minimum absolute atomic E-state index is 0.0639. The molecule has 1 unspecified atom stereocenters. The smallest absolute Gasteiger partial charge is 0.256 e. The Morgan fingerprint density at radius 3 is 2.74 bits per heavy atom. The van der Waals surface area contributed by atoms with Crippen LogP contribution < -0.4 is 0 Å². The van der Waals surface area contributed by atoms with E-state index in [1.54, 1.807) is 18.0 Å². The van der Waals surface area contributed by atoms with Crippen molar-refractivity contribution in [1.29, 1.82) is 0 Å². The summed E-state index contributed by atoms with van der Waals surface area (Å²) >= 11 is 5.24. The standard InChI is InChI=1S/C21H23BrN2O2S/c22-16-9-7-15(8-10-16)19-14-24(12-13-26-19)21(25)18-6-3-11-23-20(18)27-17-4-1-2-5-17/h3,6-11,17,19H,1-2,4-5,12-14H2. The highest BCUT2D eigenvalue weighted by Gasteiger charge is 2.28. The number of aromatic nitrogens is 1. The highest BCUT2D eigenvalue weighted by atomic mass is 79.9. The van der Waals surface area contributed by atoms with Crippen LogP contribution in [0.1, 0.15) is 47.7 Å². The molecule has 2 aromatic rings. The van der Waals surface area contributed by atoms with Crippen molar-refractivity contribution in [3.63, 3.8) is 0 Å². The fourth-order valence-corrected chi connectivity index (χ4v) is 5.25. The van der Waals surface area contributed by atoms with Gasteiger partial charge in [0.25, 0.3) is 5.91 Å². The van der Waals surface area contributed by atoms with Gasteiger partial charge in [0.15, 0.2) is 0 Å². The van der Waals surface area contributed by atoms with Crippen molar-refractivity contribution in [2.45, 2.75) is 42.1 Å². The third-order valence-electron chi connectivity index (χ3n) is 5.18. The zero-order valence-corrected chi connectivity index (χ0v) is 17.5. The quantitative estimate of drug-likeness (QED) is 0.655. The van der Waals surface area contributed by atoms with Crippen molar-refractivity contribution in [2.24, 2.45) is 0 Å². The molecule has 2 fully saturated rings. The Labute approximate surface area is 172 Å². The molecule has 1 amide bonds. The fraction of sp³-hybridized carbons (Fsp3) is 0.429. The number of thioether (sulfide) groups is 1. The van der Waals surface area contributed by atoms with Gasteiger partial charge >= 0.3 is 0 Å². The van der Waals surface area contributed by atoms with Gasteiger partial charge in [0.05, 0.1) is 18.7 Å². The lowest BCUT2D eigenvalue weighted by molar-refractivity contribution is -0.0229. The predicted octanol–water partition coefficient (Wildman–Crippen LogP) is 5.09. The molecule has 1 aliphatic carbocycles. The number of pyridine rings is 1. The number of ether oxygens (including phenoxy) is 1. The van der Waals surface area contributed by atoms with Gasteiger partial charge in [-0.1, -0.05) is 40.9 Å². The fourth-order valence-electron chi connectivity index (χ4n) is 3.69. The van der Waals surface area contributed by atoms with Gasteiger partial charge in [-0.15, -0.1) is 11.8 Å². The van der Waals surface area contributed by atoms with Crippen LogP contribution in [0.3, 0.4) is 0 Å². The van der Waals surface area contributed by atoms with Gasteiger partial charge in [0.1, 0.15) is 11.1 Å². The monoisotopic (exact) mass is 446 g/mol. The lowest BCUT2D eigenvalue weighted by Gasteiger charge is -2.33. The van der Waals surface area contributed by atoms with Crippen molar-refractivity contribution >= 4 is 33.6 Å². The number of rotatable bonds is 4. The Hall–Kier alpha value is -1.37. The Bertz CT molecular complexity index is 793. The first-order chi connectivity index (χ1) is 13.2. The first kappa shape index (κ1) is 19.0. The van der Waals surface area contributed by atoms with E-state index in [1.165, 1.54) is 25.7 Å². The van der Waals surface area contributed by atoms with Gasteiger partial charge in [-0.2, -0.15) is 0 Å². The van der Waals surface area contributed by atoms with E-state index in [4.69, 9.17) is 4.74 Å². The van der Waals surface area contributed by atoms with Crippen molar-refractivity contribution in [2.75, 3.05) is 19.7 Å². The second-order valence-electron chi connectivity index (χ2n) is 7.04. The third-order valence-corrected chi connectivity index (χ3v) is 7.06. The Morgan fingerprint density at radius 1 is 1.19 bits per heavy atom. The average molecular weight is 447 g/mol. The molecule has 6 heteroatoms. The number of carbonyl (C=O) groups excluding carboxylic acids is 1. The van der Waals surface area contributed by atoms with Gasteiger partial charge in [-0.25, -0.2) is 4.98 Å². The molecule has 4 nitrogen and oxygen atoms in total. The summed E-state index contributed by atoms with van der Waals surface area (Å²) in [5.74, 6) is 0.0639. The largest absolute Gasteiger partial charge is 0.370 e. The molecule has 1 saturated carbocycles. The maximum atomic E-state index is 13.2. The molecular weight excluding hydrogens is 424 g/mol. The Morgan fingerprint density at radius 2 is 1.96 bits per heavy atom. The van der Waals surface area contributed by atoms with Gasteiger partial charge in [0.2, 0.25) is 0 Å². The number of hydrogen-bond acceptors (Lipinski definition) is 4. The summed E-state index contributed by atoms with van der Waals surface area (Å²) in [5.41, 5.74) is 1.83. The van der Waals surface area contributed by atoms with E-state index in [2.05, 4.69) is 20.9 Å². The number of halogens is 1. The number of amides is 1. The predicted molar refractivity (Wildman–Crippen MR) is 111 cm³/mol. The first-order valence-electron chi connectivity index (χ1n) is 9.49. The van der Waals surface area contributed by atoms with E-state index in [-0.39, 0.29) is 12.0 Å². The lowest BCUT2D eigenvalue weighted by atomic mass is 10.1. The summed E-state index contributed by atoms with van der Waals surface area (Å²) in [6.45, 7) is 1.75. The van der Waals surface area contributed by atoms with Crippen LogP contribution in [0.4, 0.5) is 0 Å². The number of hydrogen-bond donors (Lipinski definition) is 0. The van der Waals surface area contributed by atoms with E-state index in [0.29, 0.717) is 24.9 Å². The summed E-state index contributed by atoms with van der Waals surface area (Å²) < 4.78 is 6.97. The molecule has 0 N–H and O–H groups in total. The average Bonchev–Trinajstić information content (AvgIpc) is 3.22. The summed E-state index contributed by atoms with van der Waals surface area (Å²) in [4.78, 5) is 19.7. The minimum atomic E-state index is -0.0848. The van der Waals surface area contributed by atoms with Gasteiger partial charge in [-0.3, -0.25) is 4.79 Å². The van der Waals surface area contributed by atoms with E-state index in [9.17, 15) is 4.79 Å². The van der Waals surface area contributed by atoms with Crippen LogP contribution >= 0.6 is 27.7 Å². The molecule has 1 aliphatic heterocycles. The molecule has 1 aromatic heterocycles. The van der Waals surface area contributed by atoms with Crippen LogP contribution in [0.5, 0.6) is 0 Å². The molecule has 0 radical (unpaired) electrons. The van der Waals surface area contributed by atoms with Crippen molar-refractivity contribution < 1.29 is 9.53 Å². The molecule has 1 aromatic carbocycles. The maximum absolute atomic E-state index is 13.2. The molecule has 142 valence electrons. The normalized spacial score (nSPS) is 20.8. The van der Waals surface area contributed by atoms with Crippen LogP contribution in [0, 0.1) is 0 Å². The molecule has 2 heterocycles. The minimum Gasteiger partial charge on any atom is -0.370 e. The number of morpholine rings is 1. The summed E-state index contributed by atoms with van der Waals surface area (Å²) in [6.07, 6.45) is 6.71. The molecule has 1 saturated heterocycles. The summed E-state index contributed by atoms with van der Waals surface area (Å²) in [6, 6.07) is 11.9. The summed E-state index contributed by atoms with van der Waals surface area (Å²) in [7, 11) is 0. The van der Waals surface area contributed by atoms with Crippen molar-refractivity contribution in [3.05, 3.63) is 58.2 Å². The Kier molecular flexibility index (Phi) is 6.15. The second-order valence-corrected chi connectivity index (χ2v) is 9.25. The van der Waals surface area contributed by atoms with Crippen LogP contribution in [-0.2, 0) is 4.74 Å². The molecule has 1 atom stereocenters. The van der Waals surface area contributed by atoms with E-state index >= 15 is 0 Å². The zero-order valence-electron chi connectivity index (χ0n) is 15.1. The highest BCUT2D eigenvalue weighted by molar-refractivity contribution is 9.10. The van der Waals surface area contributed by atoms with Crippen LogP contribution in [0.25, 0.3) is 0 Å². The third kappa shape index (κ3) is 4.55. The number of carbonyl (C=O) groups is 1. The van der Waals surface area contributed by atoms with E-state index < -0.39 is 0 Å². The van der Waals surface area contributed by atoms with E-state index in [0.717, 1.165) is 20.6 Å². The SMILES string of the molecule is O=C(c1cccnc1SC1CCCC1)N1CCOC(c2ccc(Br)cc2)C1. The maximum Gasteiger partial charge on any atom is 0.256 e. The summed E-state index contributed by atoms with van der Waals surface area (Å²) in [5, 5.41) is 1.47. The topological polar surface area (TPSA) is 42.4 Å². The molecule has 4 rings (SSSR count). The van der Waals surface area contributed by atoms with E-state index in [1.807, 2.05) is 41.3 Å². The number of nitrogens with zero attached hydrogens (tertiary/aromatic N) is 2. The van der Waals surface area contributed by atoms with Crippen molar-refractivity contribution in [1.82, 2.24) is 9.88 Å². The highest BCUT2D eigenvalue weighted by Crippen LogP contribution is 2.35. The van der Waals surface area contributed by atoms with Gasteiger partial charge in [0, 0.05) is 22.5 Å². The lowest BCUT2D eigenvalue weighted by Crippen LogP contribution is -2.42.